The standard InChI is InChI=1S/C61H43NO6S3/c1-40-36-46(35-30-43(40)39-55-51-18-6-12-24-60(51)71(67,68)61-25-13-7-19-52(55)61)62(44-31-26-41(27-32-44)37-53-47-14-2-8-20-56(47)69(63,64)57-21-9-3-15-48(53)57)45-33-28-42(29-34-45)38-54-49-16-4-10-22-58(49)70(65,66)59-23-11-5-17-50(54)59/h2-40,43H,1H3. The third-order valence-electron chi connectivity index (χ3n) is 13.9. The molecule has 12 rings (SSSR count). The van der Waals surface area contributed by atoms with E-state index in [9.17, 15) is 25.3 Å². The van der Waals surface area contributed by atoms with Crippen LogP contribution < -0.4 is 4.90 Å². The Balaban J connectivity index is 0.942. The van der Waals surface area contributed by atoms with Crippen LogP contribution in [0.1, 0.15) is 51.4 Å². The molecule has 8 aromatic rings. The Bertz CT molecular complexity index is 3710. The average Bonchev–Trinajstić information content (AvgIpc) is 3.39. The Labute approximate surface area is 414 Å². The molecule has 3 heterocycles. The number of anilines is 2. The lowest BCUT2D eigenvalue weighted by Crippen LogP contribution is -2.21. The fourth-order valence-corrected chi connectivity index (χ4v) is 15.5. The van der Waals surface area contributed by atoms with Gasteiger partial charge in [0.2, 0.25) is 29.5 Å². The van der Waals surface area contributed by atoms with Crippen LogP contribution in [0.2, 0.25) is 0 Å². The van der Waals surface area contributed by atoms with Crippen LogP contribution in [0, 0.1) is 11.8 Å². The number of benzene rings is 8. The van der Waals surface area contributed by atoms with Crippen molar-refractivity contribution >= 4 is 69.8 Å². The van der Waals surface area contributed by atoms with E-state index in [1.165, 1.54) is 0 Å². The van der Waals surface area contributed by atoms with Crippen molar-refractivity contribution in [3.8, 4) is 0 Å². The summed E-state index contributed by atoms with van der Waals surface area (Å²) in [6.45, 7) is 2.17. The Hall–Kier alpha value is -7.89. The summed E-state index contributed by atoms with van der Waals surface area (Å²) in [5, 5.41) is 0. The second kappa shape index (κ2) is 16.9. The molecule has 8 aromatic carbocycles. The Morgan fingerprint density at radius 1 is 0.380 bits per heavy atom. The van der Waals surface area contributed by atoms with E-state index in [-0.39, 0.29) is 31.4 Å². The third-order valence-corrected chi connectivity index (χ3v) is 19.5. The van der Waals surface area contributed by atoms with Gasteiger partial charge in [-0.3, -0.25) is 0 Å². The maximum absolute atomic E-state index is 13.8. The van der Waals surface area contributed by atoms with E-state index < -0.39 is 29.5 Å². The zero-order chi connectivity index (χ0) is 48.6. The molecule has 0 saturated heterocycles. The van der Waals surface area contributed by atoms with Gasteiger partial charge < -0.3 is 4.90 Å². The van der Waals surface area contributed by atoms with Crippen LogP contribution in [0.3, 0.4) is 0 Å². The molecule has 7 nitrogen and oxygen atoms in total. The molecule has 10 heteroatoms. The summed E-state index contributed by atoms with van der Waals surface area (Å²) in [7, 11) is -11.1. The summed E-state index contributed by atoms with van der Waals surface area (Å²) in [5.74, 6) is -0.0584. The maximum Gasteiger partial charge on any atom is 0.207 e. The van der Waals surface area contributed by atoms with Gasteiger partial charge in [-0.05, 0) is 113 Å². The highest BCUT2D eigenvalue weighted by Gasteiger charge is 2.35. The van der Waals surface area contributed by atoms with Crippen LogP contribution in [0.25, 0.3) is 28.9 Å². The molecular weight excluding hydrogens is 939 g/mol. The minimum absolute atomic E-state index is 0.00121. The van der Waals surface area contributed by atoms with Gasteiger partial charge in [-0.1, -0.05) is 159 Å². The highest BCUT2D eigenvalue weighted by atomic mass is 32.2. The highest BCUT2D eigenvalue weighted by molar-refractivity contribution is 7.92. The van der Waals surface area contributed by atoms with Crippen LogP contribution in [0.4, 0.5) is 11.4 Å². The number of sulfone groups is 3. The minimum Gasteiger partial charge on any atom is -0.311 e. The van der Waals surface area contributed by atoms with Gasteiger partial charge in [0.1, 0.15) is 0 Å². The van der Waals surface area contributed by atoms with Crippen LogP contribution >= 0.6 is 0 Å². The quantitative estimate of drug-likeness (QED) is 0.163. The molecule has 0 N–H and O–H groups in total. The van der Waals surface area contributed by atoms with Gasteiger partial charge in [-0.15, -0.1) is 0 Å². The highest BCUT2D eigenvalue weighted by Crippen LogP contribution is 2.46. The van der Waals surface area contributed by atoms with Gasteiger partial charge in [-0.25, -0.2) is 25.3 Å². The van der Waals surface area contributed by atoms with Crippen molar-refractivity contribution in [3.05, 3.63) is 269 Å². The largest absolute Gasteiger partial charge is 0.311 e. The molecule has 0 saturated carbocycles. The number of hydrogen-bond donors (Lipinski definition) is 0. The second-order valence-electron chi connectivity index (χ2n) is 18.1. The molecule has 71 heavy (non-hydrogen) atoms. The normalized spacial score (nSPS) is 18.3. The van der Waals surface area contributed by atoms with E-state index in [1.54, 1.807) is 72.8 Å². The number of hydrogen-bond acceptors (Lipinski definition) is 7. The number of nitrogens with zero attached hydrogens (tertiary/aromatic N) is 1. The van der Waals surface area contributed by atoms with Gasteiger partial charge in [-0.2, -0.15) is 0 Å². The first-order valence-corrected chi connectivity index (χ1v) is 27.7. The van der Waals surface area contributed by atoms with Crippen LogP contribution in [-0.4, -0.2) is 25.3 Å². The maximum atomic E-state index is 13.8. The van der Waals surface area contributed by atoms with E-state index in [0.717, 1.165) is 44.9 Å². The van der Waals surface area contributed by atoms with Gasteiger partial charge in [0.05, 0.1) is 29.4 Å². The van der Waals surface area contributed by atoms with Gasteiger partial charge in [0.15, 0.2) is 0 Å². The second-order valence-corrected chi connectivity index (χ2v) is 23.7. The number of rotatable bonds is 6. The van der Waals surface area contributed by atoms with Crippen molar-refractivity contribution in [2.24, 2.45) is 11.8 Å². The number of allylic oxidation sites excluding steroid dienone is 4. The summed E-state index contributed by atoms with van der Waals surface area (Å²) in [4.78, 5) is 3.97. The first kappa shape index (κ1) is 44.3. The fourth-order valence-electron chi connectivity index (χ4n) is 10.4. The Morgan fingerprint density at radius 2 is 0.676 bits per heavy atom. The molecule has 3 aliphatic heterocycles. The van der Waals surface area contributed by atoms with Gasteiger partial charge in [0, 0.05) is 56.4 Å². The van der Waals surface area contributed by atoms with Gasteiger partial charge >= 0.3 is 0 Å². The van der Waals surface area contributed by atoms with Gasteiger partial charge in [0.25, 0.3) is 0 Å². The van der Waals surface area contributed by atoms with Crippen molar-refractivity contribution in [2.75, 3.05) is 4.90 Å². The molecule has 0 bridgehead atoms. The first-order chi connectivity index (χ1) is 34.4. The van der Waals surface area contributed by atoms with Crippen LogP contribution in [-0.2, 0) is 29.5 Å². The average molecular weight is 982 g/mol. The van der Waals surface area contributed by atoms with Crippen molar-refractivity contribution < 1.29 is 25.3 Å². The lowest BCUT2D eigenvalue weighted by atomic mass is 9.84. The summed E-state index contributed by atoms with van der Waals surface area (Å²) < 4.78 is 82.4. The van der Waals surface area contributed by atoms with Crippen molar-refractivity contribution in [1.82, 2.24) is 0 Å². The van der Waals surface area contributed by atoms with E-state index in [0.29, 0.717) is 43.2 Å². The zero-order valence-corrected chi connectivity index (χ0v) is 40.7. The first-order valence-electron chi connectivity index (χ1n) is 23.3. The smallest absolute Gasteiger partial charge is 0.207 e. The van der Waals surface area contributed by atoms with E-state index >= 15 is 0 Å². The fraction of sp³-hybridized carbons (Fsp3) is 0.0492. The van der Waals surface area contributed by atoms with E-state index in [4.69, 9.17) is 0 Å². The lowest BCUT2D eigenvalue weighted by Gasteiger charge is -2.31. The Morgan fingerprint density at radius 3 is 0.986 bits per heavy atom. The van der Waals surface area contributed by atoms with E-state index in [1.807, 2.05) is 109 Å². The van der Waals surface area contributed by atoms with E-state index in [2.05, 4.69) is 60.4 Å². The third kappa shape index (κ3) is 7.32. The summed E-state index contributed by atoms with van der Waals surface area (Å²) in [6, 6.07) is 59.5. The summed E-state index contributed by atoms with van der Waals surface area (Å²) in [6.07, 6.45) is 12.8. The Kier molecular flexibility index (Phi) is 10.6. The molecule has 0 amide bonds. The molecule has 0 spiro atoms. The predicted octanol–water partition coefficient (Wildman–Crippen LogP) is 13.3. The molecule has 4 aliphatic rings. The molecule has 2 unspecified atom stereocenters. The van der Waals surface area contributed by atoms with Crippen molar-refractivity contribution in [2.45, 2.75) is 36.3 Å². The molecule has 0 radical (unpaired) electrons. The zero-order valence-electron chi connectivity index (χ0n) is 38.2. The molecular formula is C61H43NO6S3. The van der Waals surface area contributed by atoms with Crippen molar-refractivity contribution in [3.63, 3.8) is 0 Å². The SMILES string of the molecule is CC1C=C(N(c2ccc(C=C3c4ccccc4S(=O)(=O)c4ccccc43)cc2)c2ccc(C=C3c4ccccc4S(=O)(=O)c4ccccc43)cc2)C=CC1C=C1c2ccccc2S(=O)(=O)c2ccccc21. The van der Waals surface area contributed by atoms with Crippen LogP contribution in [0.5, 0.6) is 0 Å². The topological polar surface area (TPSA) is 106 Å². The molecule has 346 valence electrons. The van der Waals surface area contributed by atoms with Crippen LogP contribution in [0.15, 0.2) is 253 Å². The number of fused-ring (bicyclic) bond motifs is 6. The molecule has 2 atom stereocenters. The predicted molar refractivity (Wildman–Crippen MR) is 281 cm³/mol. The molecule has 0 fully saturated rings. The molecule has 1 aliphatic carbocycles. The van der Waals surface area contributed by atoms with Crippen molar-refractivity contribution in [1.29, 1.82) is 0 Å². The summed E-state index contributed by atoms with van der Waals surface area (Å²) >= 11 is 0. The minimum atomic E-state index is -3.69. The lowest BCUT2D eigenvalue weighted by molar-refractivity contribution is 0.592. The monoisotopic (exact) mass is 981 g/mol. The molecule has 0 aromatic heterocycles. The summed E-state index contributed by atoms with van der Waals surface area (Å²) in [5.41, 5.74) is 11.1.